The Hall–Kier alpha value is -1.77. The summed E-state index contributed by atoms with van der Waals surface area (Å²) < 4.78 is 3.73. The van der Waals surface area contributed by atoms with Crippen LogP contribution in [0.2, 0.25) is 0 Å². The van der Waals surface area contributed by atoms with Crippen LogP contribution in [0.4, 0.5) is 0 Å². The van der Waals surface area contributed by atoms with Crippen molar-refractivity contribution in [1.82, 2.24) is 9.13 Å². The minimum absolute atomic E-state index is 0.0588. The van der Waals surface area contributed by atoms with Crippen molar-refractivity contribution >= 4 is 16.7 Å². The first-order chi connectivity index (χ1) is 16.0. The summed E-state index contributed by atoms with van der Waals surface area (Å²) in [6.07, 6.45) is 21.9. The molecule has 0 radical (unpaired) electrons. The third kappa shape index (κ3) is 8.83. The van der Waals surface area contributed by atoms with Crippen LogP contribution in [0.3, 0.4) is 0 Å². The monoisotopic (exact) mass is 454 g/mol. The van der Waals surface area contributed by atoms with Crippen molar-refractivity contribution in [3.63, 3.8) is 0 Å². The molecule has 0 aliphatic heterocycles. The van der Waals surface area contributed by atoms with E-state index in [0.717, 1.165) is 29.7 Å². The minimum atomic E-state index is 0.0588. The highest BCUT2D eigenvalue weighted by Gasteiger charge is 2.14. The first kappa shape index (κ1) is 27.5. The summed E-state index contributed by atoms with van der Waals surface area (Å²) in [7, 11) is 0. The number of hydrogen-bond acceptors (Lipinski definition) is 1. The highest BCUT2D eigenvalue weighted by atomic mass is 16.1. The zero-order valence-corrected chi connectivity index (χ0v) is 22.2. The van der Waals surface area contributed by atoms with Crippen molar-refractivity contribution in [3.05, 3.63) is 40.3 Å². The van der Waals surface area contributed by atoms with Gasteiger partial charge in [-0.2, -0.15) is 0 Å². The molecule has 0 aliphatic rings. The molecular weight excluding hydrogens is 404 g/mol. The molecule has 0 atom stereocenters. The number of aryl methyl sites for hydroxylation is 3. The molecule has 3 heteroatoms. The van der Waals surface area contributed by atoms with Crippen LogP contribution in [0.1, 0.15) is 128 Å². The second-order valence-corrected chi connectivity index (χ2v) is 10.2. The van der Waals surface area contributed by atoms with Crippen LogP contribution in [0.15, 0.2) is 23.5 Å². The van der Waals surface area contributed by atoms with E-state index in [0.29, 0.717) is 0 Å². The smallest absolute Gasteiger partial charge is 0.292 e. The average Bonchev–Trinajstić information content (AvgIpc) is 3.04. The second kappa shape index (κ2) is 15.2. The number of allylic oxidation sites excluding steroid dienone is 1. The Morgan fingerprint density at radius 3 is 1.52 bits per heavy atom. The molecule has 0 aliphatic carbocycles. The van der Waals surface area contributed by atoms with Gasteiger partial charge in [0.2, 0.25) is 0 Å². The number of imidazole rings is 1. The third-order valence-electron chi connectivity index (χ3n) is 7.16. The summed E-state index contributed by atoms with van der Waals surface area (Å²) >= 11 is 0. The summed E-state index contributed by atoms with van der Waals surface area (Å²) in [5, 5.41) is 0. The van der Waals surface area contributed by atoms with Gasteiger partial charge < -0.3 is 0 Å². The number of hydrogen-bond donors (Lipinski definition) is 0. The lowest BCUT2D eigenvalue weighted by molar-refractivity contribution is 0.520. The molecule has 0 amide bonds. The lowest BCUT2D eigenvalue weighted by atomic mass is 10.0. The van der Waals surface area contributed by atoms with Gasteiger partial charge in [-0.15, -0.1) is 0 Å². The summed E-state index contributed by atoms with van der Waals surface area (Å²) in [6.45, 7) is 13.3. The van der Waals surface area contributed by atoms with Crippen LogP contribution in [-0.2, 0) is 6.54 Å². The van der Waals surface area contributed by atoms with Gasteiger partial charge in [-0.1, -0.05) is 110 Å². The number of benzene rings is 1. The standard InChI is InChI=1S/C30H50N2O/c1-6-7-8-9-10-11-12-13-14-15-16-17-18-19-20-21-22-31-28-23-26(4)27(5)24-29(28)32(25(2)3)30(31)33/h23-24H,2,6-22H2,1,3-5H3. The van der Waals surface area contributed by atoms with Crippen LogP contribution >= 0.6 is 0 Å². The maximum Gasteiger partial charge on any atom is 0.333 e. The first-order valence-corrected chi connectivity index (χ1v) is 13.9. The van der Waals surface area contributed by atoms with Gasteiger partial charge in [-0.3, -0.25) is 9.13 Å². The minimum Gasteiger partial charge on any atom is -0.292 e. The summed E-state index contributed by atoms with van der Waals surface area (Å²) in [5.74, 6) is 0. The van der Waals surface area contributed by atoms with E-state index in [1.54, 1.807) is 4.57 Å². The van der Waals surface area contributed by atoms with Gasteiger partial charge in [0, 0.05) is 12.2 Å². The Balaban J connectivity index is 1.60. The molecule has 3 nitrogen and oxygen atoms in total. The van der Waals surface area contributed by atoms with Gasteiger partial charge in [-0.25, -0.2) is 4.79 Å². The Morgan fingerprint density at radius 1 is 0.697 bits per heavy atom. The number of rotatable bonds is 18. The van der Waals surface area contributed by atoms with Crippen molar-refractivity contribution in [1.29, 1.82) is 0 Å². The van der Waals surface area contributed by atoms with Crippen LogP contribution in [-0.4, -0.2) is 9.13 Å². The predicted molar refractivity (Wildman–Crippen MR) is 146 cm³/mol. The molecule has 0 bridgehead atoms. The lowest BCUT2D eigenvalue weighted by Crippen LogP contribution is -2.23. The van der Waals surface area contributed by atoms with E-state index in [1.807, 2.05) is 11.5 Å². The Bertz CT molecular complexity index is 902. The van der Waals surface area contributed by atoms with Crippen LogP contribution in [0, 0.1) is 13.8 Å². The van der Waals surface area contributed by atoms with E-state index in [4.69, 9.17) is 0 Å². The largest absolute Gasteiger partial charge is 0.333 e. The van der Waals surface area contributed by atoms with E-state index in [-0.39, 0.29) is 5.69 Å². The van der Waals surface area contributed by atoms with E-state index in [9.17, 15) is 4.79 Å². The Labute approximate surface area is 203 Å². The molecule has 1 aromatic heterocycles. The highest BCUT2D eigenvalue weighted by Crippen LogP contribution is 2.21. The molecule has 1 aromatic carbocycles. The molecule has 1 heterocycles. The molecule has 186 valence electrons. The molecule has 0 saturated carbocycles. The molecule has 0 spiro atoms. The molecular formula is C30H50N2O. The van der Waals surface area contributed by atoms with Gasteiger partial charge in [0.05, 0.1) is 11.0 Å². The topological polar surface area (TPSA) is 26.9 Å². The zero-order chi connectivity index (χ0) is 24.1. The van der Waals surface area contributed by atoms with E-state index < -0.39 is 0 Å². The molecule has 0 unspecified atom stereocenters. The van der Waals surface area contributed by atoms with Crippen molar-refractivity contribution in [2.75, 3.05) is 0 Å². The van der Waals surface area contributed by atoms with Gasteiger partial charge in [0.25, 0.3) is 0 Å². The van der Waals surface area contributed by atoms with Crippen molar-refractivity contribution in [2.24, 2.45) is 0 Å². The SMILES string of the molecule is C=C(C)n1c(=O)n(CCCCCCCCCCCCCCCCCC)c2cc(C)c(C)cc21. The van der Waals surface area contributed by atoms with Crippen LogP contribution in [0.5, 0.6) is 0 Å². The van der Waals surface area contributed by atoms with E-state index in [2.05, 4.69) is 39.5 Å². The van der Waals surface area contributed by atoms with E-state index >= 15 is 0 Å². The van der Waals surface area contributed by atoms with Crippen molar-refractivity contribution < 1.29 is 0 Å². The van der Waals surface area contributed by atoms with Crippen molar-refractivity contribution in [2.45, 2.75) is 137 Å². The fraction of sp³-hybridized carbons (Fsp3) is 0.700. The third-order valence-corrected chi connectivity index (χ3v) is 7.16. The van der Waals surface area contributed by atoms with Gasteiger partial charge in [0.15, 0.2) is 0 Å². The maximum absolute atomic E-state index is 13.0. The fourth-order valence-electron chi connectivity index (χ4n) is 4.91. The fourth-order valence-corrected chi connectivity index (χ4v) is 4.91. The lowest BCUT2D eigenvalue weighted by Gasteiger charge is -2.06. The number of fused-ring (bicyclic) bond motifs is 1. The molecule has 2 rings (SSSR count). The predicted octanol–water partition coefficient (Wildman–Crippen LogP) is 9.17. The molecule has 33 heavy (non-hydrogen) atoms. The normalized spacial score (nSPS) is 11.5. The van der Waals surface area contributed by atoms with Crippen molar-refractivity contribution in [3.8, 4) is 0 Å². The molecule has 0 N–H and O–H groups in total. The Morgan fingerprint density at radius 2 is 1.09 bits per heavy atom. The van der Waals surface area contributed by atoms with Gasteiger partial charge in [-0.05, 0) is 50.5 Å². The van der Waals surface area contributed by atoms with Crippen LogP contribution < -0.4 is 5.69 Å². The number of unbranched alkanes of at least 4 members (excludes halogenated alkanes) is 15. The van der Waals surface area contributed by atoms with Crippen LogP contribution in [0.25, 0.3) is 16.7 Å². The first-order valence-electron chi connectivity index (χ1n) is 13.9. The maximum atomic E-state index is 13.0. The zero-order valence-electron chi connectivity index (χ0n) is 22.2. The Kier molecular flexibility index (Phi) is 12.6. The summed E-state index contributed by atoms with van der Waals surface area (Å²) in [5.41, 5.74) is 5.35. The second-order valence-electron chi connectivity index (χ2n) is 10.2. The summed E-state index contributed by atoms with van der Waals surface area (Å²) in [6, 6.07) is 4.29. The number of aromatic nitrogens is 2. The van der Waals surface area contributed by atoms with E-state index in [1.165, 1.54) is 107 Å². The molecule has 0 fully saturated rings. The molecule has 2 aromatic rings. The quantitative estimate of drug-likeness (QED) is 0.206. The van der Waals surface area contributed by atoms with Gasteiger partial charge in [0.1, 0.15) is 0 Å². The number of nitrogens with zero attached hydrogens (tertiary/aromatic N) is 2. The average molecular weight is 455 g/mol. The molecule has 0 saturated heterocycles. The summed E-state index contributed by atoms with van der Waals surface area (Å²) in [4.78, 5) is 13.0. The highest BCUT2D eigenvalue weighted by molar-refractivity contribution is 5.81. The van der Waals surface area contributed by atoms with Gasteiger partial charge >= 0.3 is 5.69 Å².